The van der Waals surface area contributed by atoms with Gasteiger partial charge in [-0.05, 0) is 41.8 Å². The number of nitrogens with zero attached hydrogens (tertiary/aromatic N) is 2. The quantitative estimate of drug-likeness (QED) is 0.420. The van der Waals surface area contributed by atoms with Gasteiger partial charge < -0.3 is 15.6 Å². The Bertz CT molecular complexity index is 1000. The fourth-order valence-corrected chi connectivity index (χ4v) is 3.01. The maximum Gasteiger partial charge on any atom is 0.181 e. The lowest BCUT2D eigenvalue weighted by molar-refractivity contribution is 0.460. The summed E-state index contributed by atoms with van der Waals surface area (Å²) in [5.74, 6) is 1.19. The molecule has 0 saturated heterocycles. The number of amidine groups is 1. The van der Waals surface area contributed by atoms with E-state index in [-0.39, 0.29) is 0 Å². The summed E-state index contributed by atoms with van der Waals surface area (Å²) in [5, 5.41) is 10.3. The Morgan fingerprint density at radius 3 is 2.88 bits per heavy atom. The molecule has 4 aromatic rings. The first-order chi connectivity index (χ1) is 11.8. The van der Waals surface area contributed by atoms with Gasteiger partial charge in [0.2, 0.25) is 0 Å². The molecule has 2 heterocycles. The normalized spacial score (nSPS) is 11.8. The molecule has 0 atom stereocenters. The minimum atomic E-state index is 0.508. The van der Waals surface area contributed by atoms with E-state index in [1.807, 2.05) is 66.0 Å². The first-order valence-corrected chi connectivity index (χ1v) is 8.27. The van der Waals surface area contributed by atoms with Crippen LogP contribution in [0.15, 0.2) is 75.6 Å². The van der Waals surface area contributed by atoms with E-state index in [1.165, 1.54) is 0 Å². The second kappa shape index (κ2) is 6.17. The largest absolute Gasteiger partial charge is 0.383 e. The van der Waals surface area contributed by atoms with E-state index in [0.717, 1.165) is 27.2 Å². The summed E-state index contributed by atoms with van der Waals surface area (Å²) in [5.41, 5.74) is 8.44. The first-order valence-electron chi connectivity index (χ1n) is 7.39. The second-order valence-corrected chi connectivity index (χ2v) is 6.12. The third-order valence-electron chi connectivity index (χ3n) is 3.51. The molecule has 0 bridgehead atoms. The van der Waals surface area contributed by atoms with Gasteiger partial charge in [0.1, 0.15) is 5.84 Å². The van der Waals surface area contributed by atoms with Crippen LogP contribution in [-0.4, -0.2) is 11.0 Å². The van der Waals surface area contributed by atoms with Gasteiger partial charge in [-0.2, -0.15) is 0 Å². The molecule has 0 aliphatic rings. The van der Waals surface area contributed by atoms with Crippen LogP contribution in [0.4, 0.5) is 17.2 Å². The van der Waals surface area contributed by atoms with Crippen molar-refractivity contribution >= 4 is 45.3 Å². The second-order valence-electron chi connectivity index (χ2n) is 5.18. The van der Waals surface area contributed by atoms with Gasteiger partial charge in [0.15, 0.2) is 11.4 Å². The van der Waals surface area contributed by atoms with Crippen LogP contribution in [0, 0.1) is 0 Å². The third kappa shape index (κ3) is 2.87. The van der Waals surface area contributed by atoms with Crippen molar-refractivity contribution in [3.63, 3.8) is 0 Å². The highest BCUT2D eigenvalue weighted by molar-refractivity contribution is 7.12. The molecule has 3 N–H and O–H groups in total. The number of anilines is 2. The zero-order chi connectivity index (χ0) is 16.4. The standard InChI is InChI=1S/C18H14N4OS/c19-17(16-9-4-10-24-16)20-12-5-3-6-13(11-12)21-18-14-7-1-2-8-15(14)23-22-18/h1-11H,(H2,19,20)(H,21,22). The van der Waals surface area contributed by atoms with E-state index < -0.39 is 0 Å². The van der Waals surface area contributed by atoms with Gasteiger partial charge in [-0.3, -0.25) is 0 Å². The van der Waals surface area contributed by atoms with Crippen LogP contribution in [0.2, 0.25) is 0 Å². The number of fused-ring (bicyclic) bond motifs is 1. The average molecular weight is 334 g/mol. The molecule has 5 nitrogen and oxygen atoms in total. The summed E-state index contributed by atoms with van der Waals surface area (Å²) in [6.07, 6.45) is 0. The van der Waals surface area contributed by atoms with Gasteiger partial charge in [-0.15, -0.1) is 11.3 Å². The van der Waals surface area contributed by atoms with Gasteiger partial charge >= 0.3 is 0 Å². The smallest absolute Gasteiger partial charge is 0.181 e. The van der Waals surface area contributed by atoms with Crippen molar-refractivity contribution in [2.45, 2.75) is 0 Å². The fourth-order valence-electron chi connectivity index (χ4n) is 2.38. The van der Waals surface area contributed by atoms with Crippen LogP contribution in [0.3, 0.4) is 0 Å². The summed E-state index contributed by atoms with van der Waals surface area (Å²) in [6.45, 7) is 0. The van der Waals surface area contributed by atoms with E-state index in [9.17, 15) is 0 Å². The molecule has 0 aliphatic heterocycles. The minimum Gasteiger partial charge on any atom is -0.383 e. The predicted molar refractivity (Wildman–Crippen MR) is 98.4 cm³/mol. The van der Waals surface area contributed by atoms with Crippen LogP contribution in [0.1, 0.15) is 4.88 Å². The molecule has 0 fully saturated rings. The molecule has 118 valence electrons. The Hall–Kier alpha value is -3.12. The number of nitrogens with one attached hydrogen (secondary N) is 1. The number of nitrogens with two attached hydrogens (primary N) is 1. The van der Waals surface area contributed by atoms with Crippen molar-refractivity contribution in [1.29, 1.82) is 0 Å². The van der Waals surface area contributed by atoms with Gasteiger partial charge in [-0.25, -0.2) is 4.99 Å². The SMILES string of the molecule is NC(=Nc1cccc(Nc2noc3ccccc23)c1)c1cccs1. The highest BCUT2D eigenvalue weighted by atomic mass is 32.1. The number of thiophene rings is 1. The number of hydrogen-bond donors (Lipinski definition) is 2. The number of rotatable bonds is 4. The Kier molecular flexibility index (Phi) is 3.72. The molecular weight excluding hydrogens is 320 g/mol. The molecular formula is C18H14N4OS. The molecule has 0 spiro atoms. The molecule has 2 aromatic heterocycles. The highest BCUT2D eigenvalue weighted by Gasteiger charge is 2.07. The predicted octanol–water partition coefficient (Wildman–Crippen LogP) is 4.67. The molecule has 0 unspecified atom stereocenters. The maximum absolute atomic E-state index is 6.04. The van der Waals surface area contributed by atoms with E-state index in [0.29, 0.717) is 11.7 Å². The number of aliphatic imine (C=N–C) groups is 1. The Labute approximate surface area is 142 Å². The highest BCUT2D eigenvalue weighted by Crippen LogP contribution is 2.27. The van der Waals surface area contributed by atoms with Gasteiger partial charge in [0, 0.05) is 5.69 Å². The lowest BCUT2D eigenvalue weighted by atomic mass is 10.2. The van der Waals surface area contributed by atoms with E-state index in [1.54, 1.807) is 11.3 Å². The van der Waals surface area contributed by atoms with Crippen molar-refractivity contribution in [2.75, 3.05) is 5.32 Å². The van der Waals surface area contributed by atoms with E-state index in [2.05, 4.69) is 15.5 Å². The summed E-state index contributed by atoms with van der Waals surface area (Å²) >= 11 is 1.57. The van der Waals surface area contributed by atoms with Crippen LogP contribution in [0.25, 0.3) is 11.0 Å². The topological polar surface area (TPSA) is 76.4 Å². The van der Waals surface area contributed by atoms with E-state index in [4.69, 9.17) is 10.3 Å². The molecule has 0 amide bonds. The first kappa shape index (κ1) is 14.5. The molecule has 6 heteroatoms. The molecule has 0 radical (unpaired) electrons. The minimum absolute atomic E-state index is 0.508. The number of benzene rings is 2. The molecule has 0 aliphatic carbocycles. The zero-order valence-corrected chi connectivity index (χ0v) is 13.5. The molecule has 24 heavy (non-hydrogen) atoms. The number of para-hydroxylation sites is 1. The van der Waals surface area contributed by atoms with Crippen LogP contribution >= 0.6 is 11.3 Å². The monoisotopic (exact) mass is 334 g/mol. The van der Waals surface area contributed by atoms with Crippen LogP contribution in [-0.2, 0) is 0 Å². The molecule has 4 rings (SSSR count). The maximum atomic E-state index is 6.04. The summed E-state index contributed by atoms with van der Waals surface area (Å²) < 4.78 is 5.31. The lowest BCUT2D eigenvalue weighted by Gasteiger charge is -2.04. The van der Waals surface area contributed by atoms with Crippen molar-refractivity contribution in [2.24, 2.45) is 10.7 Å². The average Bonchev–Trinajstić information content (AvgIpc) is 3.26. The summed E-state index contributed by atoms with van der Waals surface area (Å²) in [7, 11) is 0. The van der Waals surface area contributed by atoms with Crippen molar-refractivity contribution < 1.29 is 4.52 Å². The van der Waals surface area contributed by atoms with E-state index >= 15 is 0 Å². The van der Waals surface area contributed by atoms with Crippen molar-refractivity contribution in [1.82, 2.24) is 5.16 Å². The molecule has 0 saturated carbocycles. The zero-order valence-electron chi connectivity index (χ0n) is 12.6. The van der Waals surface area contributed by atoms with Crippen LogP contribution < -0.4 is 11.1 Å². The fraction of sp³-hybridized carbons (Fsp3) is 0. The van der Waals surface area contributed by atoms with Crippen LogP contribution in [0.5, 0.6) is 0 Å². The Balaban J connectivity index is 1.62. The summed E-state index contributed by atoms with van der Waals surface area (Å²) in [6, 6.07) is 19.3. The summed E-state index contributed by atoms with van der Waals surface area (Å²) in [4.78, 5) is 5.43. The van der Waals surface area contributed by atoms with Crippen molar-refractivity contribution in [3.8, 4) is 0 Å². The van der Waals surface area contributed by atoms with Gasteiger partial charge in [0.25, 0.3) is 0 Å². The number of hydrogen-bond acceptors (Lipinski definition) is 5. The Morgan fingerprint density at radius 1 is 1.08 bits per heavy atom. The number of aromatic nitrogens is 1. The van der Waals surface area contributed by atoms with Gasteiger partial charge in [0.05, 0.1) is 16.0 Å². The lowest BCUT2D eigenvalue weighted by Crippen LogP contribution is -2.10. The van der Waals surface area contributed by atoms with Crippen molar-refractivity contribution in [3.05, 3.63) is 70.9 Å². The Morgan fingerprint density at radius 2 is 2.00 bits per heavy atom. The molecule has 2 aromatic carbocycles. The van der Waals surface area contributed by atoms with Gasteiger partial charge in [-0.1, -0.05) is 29.4 Å². The third-order valence-corrected chi connectivity index (χ3v) is 4.40.